The number of allylic oxidation sites excluding steroid dienone is 2. The molecule has 3 aromatic rings. The molecule has 0 saturated heterocycles. The number of aliphatic hydroxyl groups excluding tert-OH is 1. The Bertz CT molecular complexity index is 1760. The molecule has 1 heterocycles. The first kappa shape index (κ1) is 37.9. The number of rotatable bonds is 17. The molecule has 12 nitrogen and oxygen atoms in total. The van der Waals surface area contributed by atoms with Gasteiger partial charge in [-0.1, -0.05) is 41.4 Å². The van der Waals surface area contributed by atoms with E-state index in [0.29, 0.717) is 69.5 Å². The van der Waals surface area contributed by atoms with Crippen LogP contribution in [0.25, 0.3) is 0 Å². The van der Waals surface area contributed by atoms with Gasteiger partial charge in [-0.2, -0.15) is 5.10 Å². The number of esters is 1. The first-order chi connectivity index (χ1) is 24.1. The molecule has 4 N–H and O–H groups in total. The minimum atomic E-state index is -1.19. The number of hydrazone groups is 1. The molecule has 1 aliphatic heterocycles. The number of aliphatic hydroxyl groups is 1. The predicted octanol–water partition coefficient (Wildman–Crippen LogP) is 6.22. The molecular weight excluding hydrogens is 687 g/mol. The highest BCUT2D eigenvalue weighted by atomic mass is 35.5. The normalized spacial score (nSPS) is 14.8. The molecule has 0 spiro atoms. The van der Waals surface area contributed by atoms with Gasteiger partial charge >= 0.3 is 12.0 Å². The number of hydrogen-bond donors (Lipinski definition) is 4. The Morgan fingerprint density at radius 3 is 2.48 bits per heavy atom. The number of nitrogens with zero attached hydrogens (tertiary/aromatic N) is 1. The average molecular weight is 728 g/mol. The summed E-state index contributed by atoms with van der Waals surface area (Å²) in [7, 11) is 1.27. The van der Waals surface area contributed by atoms with E-state index in [1.54, 1.807) is 55.6 Å². The van der Waals surface area contributed by atoms with Crippen LogP contribution in [0.3, 0.4) is 0 Å². The van der Waals surface area contributed by atoms with Crippen molar-refractivity contribution in [3.05, 3.63) is 105 Å². The number of halogens is 2. The maximum Gasteiger partial charge on any atom is 0.337 e. The number of methoxy groups -OCH3 is 1. The van der Waals surface area contributed by atoms with Crippen LogP contribution in [0.5, 0.6) is 23.0 Å². The lowest BCUT2D eigenvalue weighted by Gasteiger charge is -2.28. The topological polar surface area (TPSA) is 149 Å². The van der Waals surface area contributed by atoms with Gasteiger partial charge in [0.25, 0.3) is 0 Å². The third-order valence-corrected chi connectivity index (χ3v) is 7.90. The maximum atomic E-state index is 12.5. The van der Waals surface area contributed by atoms with E-state index in [2.05, 4.69) is 27.7 Å². The molecule has 0 aromatic heterocycles. The fourth-order valence-electron chi connectivity index (χ4n) is 5.10. The summed E-state index contributed by atoms with van der Waals surface area (Å²) in [6.07, 6.45) is 2.61. The Kier molecular flexibility index (Phi) is 13.8. The van der Waals surface area contributed by atoms with Gasteiger partial charge in [-0.25, -0.2) is 9.59 Å². The number of hydrogen-bond acceptors (Lipinski definition) is 10. The van der Waals surface area contributed by atoms with Gasteiger partial charge in [0.1, 0.15) is 13.2 Å². The molecule has 0 fully saturated rings. The fourth-order valence-corrected chi connectivity index (χ4v) is 5.56. The van der Waals surface area contributed by atoms with Gasteiger partial charge in [-0.05, 0) is 74.7 Å². The van der Waals surface area contributed by atoms with Crippen LogP contribution >= 0.6 is 23.2 Å². The highest BCUT2D eigenvalue weighted by molar-refractivity contribution is 6.35. The molecule has 0 unspecified atom stereocenters. The van der Waals surface area contributed by atoms with Gasteiger partial charge < -0.3 is 39.4 Å². The highest BCUT2D eigenvalue weighted by Gasteiger charge is 2.32. The Morgan fingerprint density at radius 2 is 1.78 bits per heavy atom. The van der Waals surface area contributed by atoms with Crippen LogP contribution in [0.1, 0.15) is 49.1 Å². The van der Waals surface area contributed by atoms with Crippen molar-refractivity contribution in [3.63, 3.8) is 0 Å². The largest absolute Gasteiger partial charge is 0.490 e. The summed E-state index contributed by atoms with van der Waals surface area (Å²) in [6.45, 7) is 9.92. The van der Waals surface area contributed by atoms with Gasteiger partial charge in [-0.15, -0.1) is 6.58 Å². The molecule has 50 heavy (non-hydrogen) atoms. The molecule has 266 valence electrons. The van der Waals surface area contributed by atoms with Gasteiger partial charge in [0.05, 0.1) is 38.2 Å². The molecule has 3 aromatic carbocycles. The summed E-state index contributed by atoms with van der Waals surface area (Å²) in [5.41, 5.74) is 6.16. The van der Waals surface area contributed by atoms with E-state index in [9.17, 15) is 14.7 Å². The molecule has 4 rings (SSSR count). The number of carbonyl (C=O) groups is 2. The quantitative estimate of drug-likeness (QED) is 0.0418. The molecule has 2 amide bonds. The van der Waals surface area contributed by atoms with Gasteiger partial charge in [0.15, 0.2) is 29.2 Å². The first-order valence-electron chi connectivity index (χ1n) is 15.8. The van der Waals surface area contributed by atoms with Crippen LogP contribution < -0.4 is 35.0 Å². The van der Waals surface area contributed by atoms with Crippen molar-refractivity contribution in [2.75, 3.05) is 26.9 Å². The van der Waals surface area contributed by atoms with Crippen LogP contribution in [0.15, 0.2) is 77.6 Å². The minimum Gasteiger partial charge on any atom is -0.490 e. The second kappa shape index (κ2) is 18.2. The average Bonchev–Trinajstić information content (AvgIpc) is 3.08. The fraction of sp³-hybridized carbons (Fsp3) is 0.306. The zero-order valence-corrected chi connectivity index (χ0v) is 29.7. The van der Waals surface area contributed by atoms with Crippen molar-refractivity contribution >= 4 is 41.4 Å². The van der Waals surface area contributed by atoms with E-state index in [0.717, 1.165) is 11.1 Å². The molecule has 0 saturated carbocycles. The summed E-state index contributed by atoms with van der Waals surface area (Å²) < 4.78 is 28.6. The van der Waals surface area contributed by atoms with E-state index in [-0.39, 0.29) is 18.8 Å². The predicted molar refractivity (Wildman–Crippen MR) is 191 cm³/mol. The molecule has 14 heteroatoms. The minimum absolute atomic E-state index is 0.181. The number of carbonyl (C=O) groups excluding carboxylic acids is 2. The Hall–Kier alpha value is -4.91. The lowest BCUT2D eigenvalue weighted by molar-refractivity contribution is -0.136. The number of amides is 2. The van der Waals surface area contributed by atoms with Crippen LogP contribution in [0.4, 0.5) is 4.79 Å². The zero-order valence-electron chi connectivity index (χ0n) is 28.2. The summed E-state index contributed by atoms with van der Waals surface area (Å²) in [5.74, 6) is 1.19. The van der Waals surface area contributed by atoms with Crippen LogP contribution in [-0.2, 0) is 22.6 Å². The molecule has 2 atom stereocenters. The third-order valence-electron chi connectivity index (χ3n) is 7.31. The third kappa shape index (κ3) is 9.84. The molecule has 0 aliphatic carbocycles. The number of nitrogens with one attached hydrogen (secondary N) is 3. The van der Waals surface area contributed by atoms with Gasteiger partial charge in [0, 0.05) is 26.9 Å². The lowest BCUT2D eigenvalue weighted by Crippen LogP contribution is -2.45. The van der Waals surface area contributed by atoms with Crippen LogP contribution in [0.2, 0.25) is 10.0 Å². The first-order valence-corrected chi connectivity index (χ1v) is 16.5. The molecule has 0 bridgehead atoms. The molecule has 0 radical (unpaired) electrons. The number of ether oxygens (including phenoxy) is 5. The summed E-state index contributed by atoms with van der Waals surface area (Å²) >= 11 is 12.4. The Labute approximate surface area is 301 Å². The van der Waals surface area contributed by atoms with Crippen LogP contribution in [-0.4, -0.2) is 56.5 Å². The van der Waals surface area contributed by atoms with Crippen molar-refractivity contribution in [1.29, 1.82) is 0 Å². The molecule has 1 aliphatic rings. The van der Waals surface area contributed by atoms with Gasteiger partial charge in [-0.3, -0.25) is 5.43 Å². The summed E-state index contributed by atoms with van der Waals surface area (Å²) in [5, 5.41) is 21.2. The van der Waals surface area contributed by atoms with Crippen LogP contribution in [0, 0.1) is 0 Å². The van der Waals surface area contributed by atoms with E-state index in [1.165, 1.54) is 7.11 Å². The zero-order chi connectivity index (χ0) is 36.2. The van der Waals surface area contributed by atoms with Crippen molar-refractivity contribution in [3.8, 4) is 23.0 Å². The Morgan fingerprint density at radius 1 is 1.02 bits per heavy atom. The Balaban J connectivity index is 1.45. The van der Waals surface area contributed by atoms with E-state index < -0.39 is 24.3 Å². The number of urea groups is 1. The van der Waals surface area contributed by atoms with E-state index >= 15 is 0 Å². The second-order valence-corrected chi connectivity index (χ2v) is 11.7. The maximum absolute atomic E-state index is 12.5. The standard InChI is InChI=1S/C36H40Cl2N4O8/c1-6-9-24-14-22(15-30(48-8-3)34(24)50-19-25-10-12-26(37)17-27(25)38)18-39-42-31(43)20-49-28-13-11-23(16-29(28)47-7-2)33-32(35(44)46-5)21(4)40-36(45)41-33/h6,10-18,31,33,42-43H,1,7-9,19-20H2,2-5H3,(H2,40,41,45)/b39-18-/t31-,33-/m0/s1. The lowest BCUT2D eigenvalue weighted by atomic mass is 9.95. The second-order valence-electron chi connectivity index (χ2n) is 10.9. The smallest absolute Gasteiger partial charge is 0.337 e. The van der Waals surface area contributed by atoms with E-state index in [4.69, 9.17) is 46.9 Å². The SMILES string of the molecule is C=CCc1cc(/C=N\N[C@@H](O)COc2ccc([C@@H]3NC(=O)NC(C)=C3C(=O)OC)cc2OCC)cc(OCC)c1OCc1ccc(Cl)cc1Cl. The number of benzene rings is 3. The molecular formula is C36H40Cl2N4O8. The van der Waals surface area contributed by atoms with E-state index in [1.807, 2.05) is 26.0 Å². The van der Waals surface area contributed by atoms with Crippen molar-refractivity contribution < 1.29 is 38.4 Å². The van der Waals surface area contributed by atoms with Gasteiger partial charge in [0.2, 0.25) is 0 Å². The van der Waals surface area contributed by atoms with Crippen molar-refractivity contribution in [1.82, 2.24) is 16.1 Å². The van der Waals surface area contributed by atoms with Crippen molar-refractivity contribution in [2.45, 2.75) is 46.1 Å². The summed E-state index contributed by atoms with van der Waals surface area (Å²) in [4.78, 5) is 24.7. The summed E-state index contributed by atoms with van der Waals surface area (Å²) in [6, 6.07) is 12.7. The van der Waals surface area contributed by atoms with Crippen molar-refractivity contribution in [2.24, 2.45) is 5.10 Å². The highest BCUT2D eigenvalue weighted by Crippen LogP contribution is 2.36. The monoisotopic (exact) mass is 726 g/mol.